The third kappa shape index (κ3) is 4.31. The molecule has 0 unspecified atom stereocenters. The molecule has 3 N–H and O–H groups in total. The van der Waals surface area contributed by atoms with Crippen LogP contribution in [-0.2, 0) is 4.79 Å². The van der Waals surface area contributed by atoms with Crippen molar-refractivity contribution in [2.45, 2.75) is 26.2 Å². The number of amides is 1. The lowest BCUT2D eigenvalue weighted by atomic mass is 10.1. The number of rotatable bonds is 6. The van der Waals surface area contributed by atoms with E-state index < -0.39 is 0 Å². The van der Waals surface area contributed by atoms with Crippen LogP contribution in [0.4, 0.5) is 5.69 Å². The van der Waals surface area contributed by atoms with Gasteiger partial charge in [-0.2, -0.15) is 0 Å². The van der Waals surface area contributed by atoms with E-state index in [1.807, 2.05) is 19.1 Å². The van der Waals surface area contributed by atoms with Crippen molar-refractivity contribution in [2.75, 3.05) is 19.0 Å². The molecule has 5 heteroatoms. The zero-order valence-corrected chi connectivity index (χ0v) is 12.3. The van der Waals surface area contributed by atoms with Gasteiger partial charge < -0.3 is 15.8 Å². The fourth-order valence-corrected chi connectivity index (χ4v) is 2.22. The number of halogens is 1. The number of nitrogens with two attached hydrogens (primary N) is 1. The molecule has 0 aliphatic carbocycles. The van der Waals surface area contributed by atoms with Gasteiger partial charge in [0.1, 0.15) is 5.75 Å². The summed E-state index contributed by atoms with van der Waals surface area (Å²) < 4.78 is 6.20. The maximum atomic E-state index is 11.8. The molecule has 0 aromatic heterocycles. The highest BCUT2D eigenvalue weighted by Gasteiger charge is 2.11. The molecule has 4 nitrogen and oxygen atoms in total. The maximum Gasteiger partial charge on any atom is 0.224 e. The predicted octanol–water partition coefficient (Wildman–Crippen LogP) is 2.83. The van der Waals surface area contributed by atoms with Gasteiger partial charge in [-0.1, -0.05) is 15.9 Å². The quantitative estimate of drug-likeness (QED) is 0.794. The Hall–Kier alpha value is -1.07. The zero-order chi connectivity index (χ0) is 13.5. The van der Waals surface area contributed by atoms with Crippen LogP contribution in [-0.4, -0.2) is 19.6 Å². The number of hydrogen-bond donors (Lipinski definition) is 2. The van der Waals surface area contributed by atoms with Crippen LogP contribution in [0, 0.1) is 6.92 Å². The summed E-state index contributed by atoms with van der Waals surface area (Å²) in [5, 5.41) is 2.89. The van der Waals surface area contributed by atoms with E-state index in [-0.39, 0.29) is 5.91 Å². The molecular formula is C13H19BrN2O2. The van der Waals surface area contributed by atoms with Gasteiger partial charge in [-0.25, -0.2) is 0 Å². The third-order valence-electron chi connectivity index (χ3n) is 2.61. The first kappa shape index (κ1) is 15.0. The molecule has 0 saturated carbocycles. The van der Waals surface area contributed by atoms with Gasteiger partial charge in [0.15, 0.2) is 0 Å². The van der Waals surface area contributed by atoms with E-state index in [1.165, 1.54) is 0 Å². The standard InChI is InChI=1S/C13H19BrN2O2/c1-9-7-10(14)8-11(18-2)13(9)16-12(17)5-3-4-6-15/h7-8H,3-6,15H2,1-2H3,(H,16,17). The van der Waals surface area contributed by atoms with E-state index in [2.05, 4.69) is 21.2 Å². The fourth-order valence-electron chi connectivity index (χ4n) is 1.67. The molecule has 1 amide bonds. The van der Waals surface area contributed by atoms with Gasteiger partial charge in [-0.05, 0) is 44.0 Å². The van der Waals surface area contributed by atoms with Crippen molar-refractivity contribution in [3.63, 3.8) is 0 Å². The highest BCUT2D eigenvalue weighted by atomic mass is 79.9. The SMILES string of the molecule is COc1cc(Br)cc(C)c1NC(=O)CCCCN. The summed E-state index contributed by atoms with van der Waals surface area (Å²) in [4.78, 5) is 11.8. The number of benzene rings is 1. The first-order chi connectivity index (χ1) is 8.58. The Morgan fingerprint density at radius 3 is 2.78 bits per heavy atom. The van der Waals surface area contributed by atoms with Crippen molar-refractivity contribution in [3.05, 3.63) is 22.2 Å². The first-order valence-corrected chi connectivity index (χ1v) is 6.71. The molecule has 1 aromatic rings. The van der Waals surface area contributed by atoms with Gasteiger partial charge in [0, 0.05) is 10.9 Å². The Morgan fingerprint density at radius 2 is 2.17 bits per heavy atom. The lowest BCUT2D eigenvalue weighted by Gasteiger charge is -2.13. The summed E-state index contributed by atoms with van der Waals surface area (Å²) in [5.74, 6) is 0.654. The van der Waals surface area contributed by atoms with E-state index in [0.717, 1.165) is 28.6 Å². The zero-order valence-electron chi connectivity index (χ0n) is 10.8. The molecule has 0 fully saturated rings. The Labute approximate surface area is 116 Å². The molecule has 18 heavy (non-hydrogen) atoms. The van der Waals surface area contributed by atoms with E-state index in [9.17, 15) is 4.79 Å². The van der Waals surface area contributed by atoms with Crippen LogP contribution >= 0.6 is 15.9 Å². The number of hydrogen-bond acceptors (Lipinski definition) is 3. The van der Waals surface area contributed by atoms with E-state index >= 15 is 0 Å². The molecule has 0 spiro atoms. The lowest BCUT2D eigenvalue weighted by Crippen LogP contribution is -2.13. The van der Waals surface area contributed by atoms with Gasteiger partial charge in [0.2, 0.25) is 5.91 Å². The van der Waals surface area contributed by atoms with E-state index in [1.54, 1.807) is 7.11 Å². The molecule has 0 heterocycles. The Morgan fingerprint density at radius 1 is 1.44 bits per heavy atom. The summed E-state index contributed by atoms with van der Waals surface area (Å²) >= 11 is 3.40. The average molecular weight is 315 g/mol. The predicted molar refractivity (Wildman–Crippen MR) is 77.0 cm³/mol. The van der Waals surface area contributed by atoms with Gasteiger partial charge in [-0.15, -0.1) is 0 Å². The van der Waals surface area contributed by atoms with Crippen molar-refractivity contribution in [3.8, 4) is 5.75 Å². The molecule has 100 valence electrons. The lowest BCUT2D eigenvalue weighted by molar-refractivity contribution is -0.116. The largest absolute Gasteiger partial charge is 0.495 e. The van der Waals surface area contributed by atoms with Gasteiger partial charge in [0.05, 0.1) is 12.8 Å². The monoisotopic (exact) mass is 314 g/mol. The molecule has 1 rings (SSSR count). The van der Waals surface area contributed by atoms with Crippen molar-refractivity contribution in [1.29, 1.82) is 0 Å². The van der Waals surface area contributed by atoms with Crippen LogP contribution in [0.2, 0.25) is 0 Å². The van der Waals surface area contributed by atoms with E-state index in [0.29, 0.717) is 18.7 Å². The van der Waals surface area contributed by atoms with Crippen molar-refractivity contribution in [2.24, 2.45) is 5.73 Å². The fraction of sp³-hybridized carbons (Fsp3) is 0.462. The number of aryl methyl sites for hydroxylation is 1. The smallest absolute Gasteiger partial charge is 0.224 e. The highest BCUT2D eigenvalue weighted by molar-refractivity contribution is 9.10. The van der Waals surface area contributed by atoms with Crippen LogP contribution in [0.3, 0.4) is 0 Å². The molecular weight excluding hydrogens is 296 g/mol. The second-order valence-corrected chi connectivity index (χ2v) is 5.01. The van der Waals surface area contributed by atoms with Crippen molar-refractivity contribution >= 4 is 27.5 Å². The minimum absolute atomic E-state index is 0.00725. The Balaban J connectivity index is 2.74. The van der Waals surface area contributed by atoms with Gasteiger partial charge >= 0.3 is 0 Å². The third-order valence-corrected chi connectivity index (χ3v) is 3.06. The second-order valence-electron chi connectivity index (χ2n) is 4.09. The van der Waals surface area contributed by atoms with Crippen LogP contribution in [0.25, 0.3) is 0 Å². The number of nitrogens with one attached hydrogen (secondary N) is 1. The summed E-state index contributed by atoms with van der Waals surface area (Å²) in [5.41, 5.74) is 7.10. The Bertz CT molecular complexity index is 422. The molecule has 0 radical (unpaired) electrons. The van der Waals surface area contributed by atoms with Crippen LogP contribution < -0.4 is 15.8 Å². The van der Waals surface area contributed by atoms with Crippen molar-refractivity contribution < 1.29 is 9.53 Å². The van der Waals surface area contributed by atoms with Crippen LogP contribution in [0.15, 0.2) is 16.6 Å². The summed E-state index contributed by atoms with van der Waals surface area (Å²) in [6.45, 7) is 2.55. The molecule has 0 aliphatic heterocycles. The second kappa shape index (κ2) is 7.38. The summed E-state index contributed by atoms with van der Waals surface area (Å²) in [6, 6.07) is 3.78. The average Bonchev–Trinajstić information content (AvgIpc) is 2.32. The van der Waals surface area contributed by atoms with Crippen LogP contribution in [0.5, 0.6) is 5.75 Å². The molecule has 0 bridgehead atoms. The number of anilines is 1. The number of ether oxygens (including phenoxy) is 1. The minimum Gasteiger partial charge on any atom is -0.495 e. The van der Waals surface area contributed by atoms with Gasteiger partial charge in [-0.3, -0.25) is 4.79 Å². The molecule has 1 aromatic carbocycles. The Kier molecular flexibility index (Phi) is 6.15. The normalized spacial score (nSPS) is 10.2. The topological polar surface area (TPSA) is 64.3 Å². The van der Waals surface area contributed by atoms with Crippen LogP contribution in [0.1, 0.15) is 24.8 Å². The minimum atomic E-state index is -0.00725. The molecule has 0 aliphatic rings. The highest BCUT2D eigenvalue weighted by Crippen LogP contribution is 2.32. The first-order valence-electron chi connectivity index (χ1n) is 5.92. The number of unbranched alkanes of at least 4 members (excludes halogenated alkanes) is 1. The van der Waals surface area contributed by atoms with Crippen molar-refractivity contribution in [1.82, 2.24) is 0 Å². The number of carbonyl (C=O) groups excluding carboxylic acids is 1. The summed E-state index contributed by atoms with van der Waals surface area (Å²) in [7, 11) is 1.59. The van der Waals surface area contributed by atoms with Gasteiger partial charge in [0.25, 0.3) is 0 Å². The number of methoxy groups -OCH3 is 1. The molecule has 0 saturated heterocycles. The van der Waals surface area contributed by atoms with E-state index in [4.69, 9.17) is 10.5 Å². The molecule has 0 atom stereocenters. The number of carbonyl (C=O) groups is 1. The summed E-state index contributed by atoms with van der Waals surface area (Å²) in [6.07, 6.45) is 2.15. The maximum absolute atomic E-state index is 11.8.